The van der Waals surface area contributed by atoms with Gasteiger partial charge in [-0.2, -0.15) is 10.2 Å². The molecule has 158 valence electrons. The first kappa shape index (κ1) is 21.3. The maximum atomic E-state index is 13.0. The predicted octanol–water partition coefficient (Wildman–Crippen LogP) is 5.43. The molecule has 0 atom stereocenters. The fraction of sp³-hybridized carbons (Fsp3) is 0.0952. The minimum absolute atomic E-state index is 0.268. The van der Waals surface area contributed by atoms with Crippen LogP contribution in [0.15, 0.2) is 67.1 Å². The number of nitrogens with zero attached hydrogens (tertiary/aromatic N) is 4. The second-order valence-electron chi connectivity index (χ2n) is 6.75. The van der Waals surface area contributed by atoms with Crippen molar-refractivity contribution in [1.82, 2.24) is 19.6 Å². The molecule has 0 saturated heterocycles. The summed E-state index contributed by atoms with van der Waals surface area (Å²) in [4.78, 5) is 0. The topological polar surface area (TPSA) is 59.7 Å². The average molecular weight is 475 g/mol. The van der Waals surface area contributed by atoms with E-state index in [2.05, 4.69) is 20.8 Å². The van der Waals surface area contributed by atoms with Gasteiger partial charge in [-0.15, -0.1) is 0 Å². The number of benzene rings is 2. The van der Waals surface area contributed by atoms with E-state index in [9.17, 15) is 4.39 Å². The van der Waals surface area contributed by atoms with Crippen LogP contribution in [0.1, 0.15) is 11.1 Å². The third kappa shape index (κ3) is 5.61. The Bertz CT molecular complexity index is 1200. The van der Waals surface area contributed by atoms with Crippen molar-refractivity contribution in [2.75, 3.05) is 10.6 Å². The summed E-state index contributed by atoms with van der Waals surface area (Å²) in [6.45, 7) is 0.998. The fourth-order valence-corrected chi connectivity index (χ4v) is 3.53. The molecular weight excluding hydrogens is 458 g/mol. The Morgan fingerprint density at radius 2 is 1.71 bits per heavy atom. The first-order chi connectivity index (χ1) is 15.0. The zero-order valence-corrected chi connectivity index (χ0v) is 18.4. The van der Waals surface area contributed by atoms with Gasteiger partial charge in [0.05, 0.1) is 25.0 Å². The average Bonchev–Trinajstić information content (AvgIpc) is 3.31. The van der Waals surface area contributed by atoms with Crippen LogP contribution < -0.4 is 10.6 Å². The predicted molar refractivity (Wildman–Crippen MR) is 125 cm³/mol. The van der Waals surface area contributed by atoms with Gasteiger partial charge in [-0.05, 0) is 41.5 Å². The van der Waals surface area contributed by atoms with Gasteiger partial charge in [0.15, 0.2) is 10.9 Å². The van der Waals surface area contributed by atoms with Gasteiger partial charge < -0.3 is 10.6 Å². The third-order valence-electron chi connectivity index (χ3n) is 4.39. The second-order valence-corrected chi connectivity index (χ2v) is 7.97. The van der Waals surface area contributed by atoms with E-state index in [1.54, 1.807) is 40.1 Å². The Kier molecular flexibility index (Phi) is 6.50. The van der Waals surface area contributed by atoms with E-state index in [0.29, 0.717) is 39.8 Å². The number of hydrogen-bond donors (Lipinski definition) is 2. The van der Waals surface area contributed by atoms with Gasteiger partial charge in [0.25, 0.3) is 0 Å². The van der Waals surface area contributed by atoms with Crippen molar-refractivity contribution in [2.45, 2.75) is 13.1 Å². The second kappa shape index (κ2) is 9.47. The molecule has 0 aliphatic rings. The lowest BCUT2D eigenvalue weighted by atomic mass is 10.2. The zero-order chi connectivity index (χ0) is 21.8. The minimum Gasteiger partial charge on any atom is -0.330 e. The van der Waals surface area contributed by atoms with E-state index in [0.717, 1.165) is 11.1 Å². The molecule has 2 N–H and O–H groups in total. The largest absolute Gasteiger partial charge is 0.330 e. The molecule has 0 radical (unpaired) electrons. The standard InChI is InChI=1S/C21H17Cl2FN6S/c22-18-4-2-1-3-15(18)11-30-13-19(23)20(28-30)27-21(31)26-17-9-25-29(12-17)10-14-5-7-16(24)8-6-14/h1-9,12-13H,10-11H2,(H2,26,27,28,31). The summed E-state index contributed by atoms with van der Waals surface area (Å²) < 4.78 is 16.4. The molecule has 0 aliphatic carbocycles. The molecule has 0 fully saturated rings. The van der Waals surface area contributed by atoms with Gasteiger partial charge in [0.1, 0.15) is 10.8 Å². The number of halogens is 3. The van der Waals surface area contributed by atoms with Crippen molar-refractivity contribution in [3.05, 3.63) is 94.1 Å². The van der Waals surface area contributed by atoms with E-state index in [4.69, 9.17) is 35.4 Å². The highest BCUT2D eigenvalue weighted by Gasteiger charge is 2.11. The molecule has 0 bridgehead atoms. The third-order valence-corrected chi connectivity index (χ3v) is 5.24. The first-order valence-corrected chi connectivity index (χ1v) is 10.4. The van der Waals surface area contributed by atoms with E-state index >= 15 is 0 Å². The lowest BCUT2D eigenvalue weighted by Gasteiger charge is -2.07. The lowest BCUT2D eigenvalue weighted by Crippen LogP contribution is -2.19. The number of anilines is 2. The van der Waals surface area contributed by atoms with E-state index in [1.807, 2.05) is 24.3 Å². The maximum Gasteiger partial charge on any atom is 0.176 e. The quantitative estimate of drug-likeness (QED) is 0.364. The number of rotatable bonds is 6. The van der Waals surface area contributed by atoms with Gasteiger partial charge in [-0.25, -0.2) is 4.39 Å². The molecule has 0 spiro atoms. The molecule has 2 heterocycles. The molecule has 10 heteroatoms. The molecule has 4 rings (SSSR count). The Morgan fingerprint density at radius 3 is 2.48 bits per heavy atom. The fourth-order valence-electron chi connectivity index (χ4n) is 2.93. The number of aromatic nitrogens is 4. The van der Waals surface area contributed by atoms with Crippen LogP contribution in [0.4, 0.5) is 15.9 Å². The summed E-state index contributed by atoms with van der Waals surface area (Å²) in [7, 11) is 0. The lowest BCUT2D eigenvalue weighted by molar-refractivity contribution is 0.624. The van der Waals surface area contributed by atoms with Gasteiger partial charge in [-0.3, -0.25) is 9.36 Å². The van der Waals surface area contributed by atoms with E-state index in [1.165, 1.54) is 12.1 Å². The van der Waals surface area contributed by atoms with Gasteiger partial charge >= 0.3 is 0 Å². The van der Waals surface area contributed by atoms with E-state index in [-0.39, 0.29) is 5.82 Å². The highest BCUT2D eigenvalue weighted by molar-refractivity contribution is 7.80. The normalized spacial score (nSPS) is 10.8. The molecule has 31 heavy (non-hydrogen) atoms. The molecular formula is C21H17Cl2FN6S. The van der Waals surface area contributed by atoms with Crippen molar-refractivity contribution < 1.29 is 4.39 Å². The Morgan fingerprint density at radius 1 is 0.935 bits per heavy atom. The summed E-state index contributed by atoms with van der Waals surface area (Å²) in [5.41, 5.74) is 2.57. The van der Waals surface area contributed by atoms with Crippen molar-refractivity contribution in [3.63, 3.8) is 0 Å². The van der Waals surface area contributed by atoms with Crippen LogP contribution in [0.5, 0.6) is 0 Å². The summed E-state index contributed by atoms with van der Waals surface area (Å²) in [5, 5.41) is 16.2. The molecule has 0 saturated carbocycles. The van der Waals surface area contributed by atoms with Crippen molar-refractivity contribution in [2.24, 2.45) is 0 Å². The monoisotopic (exact) mass is 474 g/mol. The van der Waals surface area contributed by atoms with Crippen LogP contribution in [0.2, 0.25) is 10.0 Å². The summed E-state index contributed by atoms with van der Waals surface area (Å²) in [5.74, 6) is 0.167. The van der Waals surface area contributed by atoms with Crippen LogP contribution in [0.25, 0.3) is 0 Å². The molecule has 0 unspecified atom stereocenters. The zero-order valence-electron chi connectivity index (χ0n) is 16.1. The van der Waals surface area contributed by atoms with Crippen LogP contribution in [0, 0.1) is 5.82 Å². The highest BCUT2D eigenvalue weighted by atomic mass is 35.5. The van der Waals surface area contributed by atoms with Crippen LogP contribution in [-0.4, -0.2) is 24.7 Å². The van der Waals surface area contributed by atoms with Gasteiger partial charge in [0, 0.05) is 17.4 Å². The van der Waals surface area contributed by atoms with Crippen molar-refractivity contribution >= 4 is 52.0 Å². The van der Waals surface area contributed by atoms with E-state index < -0.39 is 0 Å². The Hall–Kier alpha value is -2.94. The highest BCUT2D eigenvalue weighted by Crippen LogP contribution is 2.22. The van der Waals surface area contributed by atoms with Gasteiger partial charge in [0.2, 0.25) is 0 Å². The number of thiocarbonyl (C=S) groups is 1. The smallest absolute Gasteiger partial charge is 0.176 e. The molecule has 4 aromatic rings. The summed E-state index contributed by atoms with van der Waals surface area (Å²) in [6.07, 6.45) is 5.15. The van der Waals surface area contributed by atoms with Crippen LogP contribution >= 0.6 is 35.4 Å². The van der Waals surface area contributed by atoms with Crippen molar-refractivity contribution in [3.8, 4) is 0 Å². The Balaban J connectivity index is 1.36. The SMILES string of the molecule is Fc1ccc(Cn2cc(NC(=S)Nc3nn(Cc4ccccc4Cl)cc3Cl)cn2)cc1. The minimum atomic E-state index is -0.268. The Labute approximate surface area is 193 Å². The molecule has 0 amide bonds. The van der Waals surface area contributed by atoms with Crippen molar-refractivity contribution in [1.29, 1.82) is 0 Å². The van der Waals surface area contributed by atoms with Crippen LogP contribution in [-0.2, 0) is 13.1 Å². The molecule has 2 aromatic heterocycles. The molecule has 0 aliphatic heterocycles. The molecule has 2 aromatic carbocycles. The summed E-state index contributed by atoms with van der Waals surface area (Å²) >= 11 is 17.9. The number of nitrogens with one attached hydrogen (secondary N) is 2. The van der Waals surface area contributed by atoms with Crippen LogP contribution in [0.3, 0.4) is 0 Å². The molecule has 6 nitrogen and oxygen atoms in total. The summed E-state index contributed by atoms with van der Waals surface area (Å²) in [6, 6.07) is 13.8. The number of hydrogen-bond acceptors (Lipinski definition) is 3. The van der Waals surface area contributed by atoms with Gasteiger partial charge in [-0.1, -0.05) is 53.5 Å². The first-order valence-electron chi connectivity index (χ1n) is 9.27. The maximum absolute atomic E-state index is 13.0.